The first kappa shape index (κ1) is 8.32. The lowest BCUT2D eigenvalue weighted by atomic mass is 10.1. The predicted octanol–water partition coefficient (Wildman–Crippen LogP) is 1.53. The predicted molar refractivity (Wildman–Crippen MR) is 53.2 cm³/mol. The molecule has 4 nitrogen and oxygen atoms in total. The quantitative estimate of drug-likeness (QED) is 0.659. The minimum Gasteiger partial charge on any atom is -0.397 e. The van der Waals surface area contributed by atoms with Gasteiger partial charge in [0, 0.05) is 11.8 Å². The van der Waals surface area contributed by atoms with Gasteiger partial charge in [-0.05, 0) is 12.1 Å². The maximum absolute atomic E-state index is 8.78. The van der Waals surface area contributed by atoms with Crippen LogP contribution in [-0.4, -0.2) is 10.2 Å². The average molecular weight is 184 g/mol. The second-order valence-corrected chi connectivity index (χ2v) is 2.84. The number of aromatic nitrogens is 2. The molecular formula is C10H8N4. The van der Waals surface area contributed by atoms with Gasteiger partial charge in [-0.1, -0.05) is 12.1 Å². The number of nitrogens with zero attached hydrogens (tertiary/aromatic N) is 2. The van der Waals surface area contributed by atoms with Gasteiger partial charge in [-0.2, -0.15) is 10.4 Å². The Balaban J connectivity index is 2.61. The first-order valence-corrected chi connectivity index (χ1v) is 4.11. The molecule has 2 rings (SSSR count). The molecule has 14 heavy (non-hydrogen) atoms. The third kappa shape index (κ3) is 1.21. The van der Waals surface area contributed by atoms with E-state index in [9.17, 15) is 0 Å². The van der Waals surface area contributed by atoms with Gasteiger partial charge >= 0.3 is 0 Å². The molecule has 1 heterocycles. The van der Waals surface area contributed by atoms with E-state index in [0.717, 1.165) is 11.3 Å². The normalized spacial score (nSPS) is 9.64. The molecular weight excluding hydrogens is 176 g/mol. The molecule has 0 atom stereocenters. The highest BCUT2D eigenvalue weighted by Gasteiger charge is 2.07. The zero-order valence-corrected chi connectivity index (χ0v) is 7.36. The molecule has 1 aromatic heterocycles. The molecule has 0 aliphatic rings. The average Bonchev–Trinajstić information content (AvgIpc) is 2.71. The number of rotatable bonds is 1. The SMILES string of the molecule is N#Cc1cccc(-c2cc[nH]n2)c1N. The number of benzene rings is 1. The Kier molecular flexibility index (Phi) is 1.92. The fraction of sp³-hybridized carbons (Fsp3) is 0. The van der Waals surface area contributed by atoms with Crippen molar-refractivity contribution >= 4 is 5.69 Å². The summed E-state index contributed by atoms with van der Waals surface area (Å²) < 4.78 is 0. The first-order valence-electron chi connectivity index (χ1n) is 4.11. The van der Waals surface area contributed by atoms with Crippen molar-refractivity contribution in [2.75, 3.05) is 5.73 Å². The zero-order valence-electron chi connectivity index (χ0n) is 7.36. The van der Waals surface area contributed by atoms with Crippen LogP contribution in [0.15, 0.2) is 30.5 Å². The Morgan fingerprint density at radius 1 is 1.36 bits per heavy atom. The van der Waals surface area contributed by atoms with Crippen LogP contribution in [0.4, 0.5) is 5.69 Å². The largest absolute Gasteiger partial charge is 0.397 e. The second-order valence-electron chi connectivity index (χ2n) is 2.84. The molecule has 0 unspecified atom stereocenters. The zero-order chi connectivity index (χ0) is 9.97. The van der Waals surface area contributed by atoms with Crippen LogP contribution < -0.4 is 5.73 Å². The molecule has 0 saturated carbocycles. The number of nitrogens with two attached hydrogens (primary N) is 1. The van der Waals surface area contributed by atoms with Crippen molar-refractivity contribution in [3.05, 3.63) is 36.0 Å². The number of anilines is 1. The number of H-pyrrole nitrogens is 1. The van der Waals surface area contributed by atoms with Crippen LogP contribution in [0.1, 0.15) is 5.56 Å². The molecule has 3 N–H and O–H groups in total. The summed E-state index contributed by atoms with van der Waals surface area (Å²) >= 11 is 0. The van der Waals surface area contributed by atoms with Crippen molar-refractivity contribution in [3.8, 4) is 17.3 Å². The third-order valence-corrected chi connectivity index (χ3v) is 2.00. The highest BCUT2D eigenvalue weighted by molar-refractivity contribution is 5.77. The monoisotopic (exact) mass is 184 g/mol. The number of para-hydroxylation sites is 1. The summed E-state index contributed by atoms with van der Waals surface area (Å²) in [6, 6.07) is 9.16. The van der Waals surface area contributed by atoms with E-state index in [0.29, 0.717) is 11.3 Å². The Morgan fingerprint density at radius 3 is 2.86 bits per heavy atom. The van der Waals surface area contributed by atoms with E-state index in [1.165, 1.54) is 0 Å². The van der Waals surface area contributed by atoms with Gasteiger partial charge in [-0.15, -0.1) is 0 Å². The molecule has 0 radical (unpaired) electrons. The summed E-state index contributed by atoms with van der Waals surface area (Å²) in [5, 5.41) is 15.5. The van der Waals surface area contributed by atoms with E-state index >= 15 is 0 Å². The third-order valence-electron chi connectivity index (χ3n) is 2.00. The Morgan fingerprint density at radius 2 is 2.21 bits per heavy atom. The Bertz CT molecular complexity index is 479. The minimum absolute atomic E-state index is 0.474. The van der Waals surface area contributed by atoms with Crippen LogP contribution in [0.5, 0.6) is 0 Å². The molecule has 1 aromatic carbocycles. The highest BCUT2D eigenvalue weighted by Crippen LogP contribution is 2.25. The summed E-state index contributed by atoms with van der Waals surface area (Å²) in [5.74, 6) is 0. The second kappa shape index (κ2) is 3.23. The van der Waals surface area contributed by atoms with Crippen molar-refractivity contribution in [3.63, 3.8) is 0 Å². The molecule has 0 bridgehead atoms. The molecule has 4 heteroatoms. The van der Waals surface area contributed by atoms with Crippen LogP contribution in [0.25, 0.3) is 11.3 Å². The minimum atomic E-state index is 0.474. The van der Waals surface area contributed by atoms with Gasteiger partial charge in [0.2, 0.25) is 0 Å². The van der Waals surface area contributed by atoms with Crippen LogP contribution in [0.2, 0.25) is 0 Å². The molecule has 0 aliphatic carbocycles. The molecule has 0 spiro atoms. The molecule has 0 fully saturated rings. The van der Waals surface area contributed by atoms with Crippen LogP contribution in [-0.2, 0) is 0 Å². The van der Waals surface area contributed by atoms with Crippen LogP contribution in [0, 0.1) is 11.3 Å². The van der Waals surface area contributed by atoms with E-state index in [4.69, 9.17) is 11.0 Å². The maximum Gasteiger partial charge on any atom is 0.101 e. The van der Waals surface area contributed by atoms with E-state index < -0.39 is 0 Å². The lowest BCUT2D eigenvalue weighted by Crippen LogP contribution is -1.94. The summed E-state index contributed by atoms with van der Waals surface area (Å²) in [5.41, 5.74) is 8.29. The van der Waals surface area contributed by atoms with Crippen LogP contribution >= 0.6 is 0 Å². The molecule has 0 amide bonds. The topological polar surface area (TPSA) is 78.5 Å². The van der Waals surface area contributed by atoms with E-state index in [1.54, 1.807) is 18.3 Å². The van der Waals surface area contributed by atoms with Gasteiger partial charge < -0.3 is 5.73 Å². The van der Waals surface area contributed by atoms with Gasteiger partial charge in [0.1, 0.15) is 6.07 Å². The molecule has 2 aromatic rings. The number of nitrogens with one attached hydrogen (secondary N) is 1. The van der Waals surface area contributed by atoms with Crippen molar-refractivity contribution in [1.29, 1.82) is 5.26 Å². The smallest absolute Gasteiger partial charge is 0.101 e. The fourth-order valence-corrected chi connectivity index (χ4v) is 1.30. The number of aromatic amines is 1. The number of hydrogen-bond donors (Lipinski definition) is 2. The van der Waals surface area contributed by atoms with Gasteiger partial charge in [-0.3, -0.25) is 5.10 Å². The number of hydrogen-bond acceptors (Lipinski definition) is 3. The first-order chi connectivity index (χ1) is 6.83. The summed E-state index contributed by atoms with van der Waals surface area (Å²) in [4.78, 5) is 0. The summed E-state index contributed by atoms with van der Waals surface area (Å²) in [6.45, 7) is 0. The van der Waals surface area contributed by atoms with Gasteiger partial charge in [-0.25, -0.2) is 0 Å². The van der Waals surface area contributed by atoms with Gasteiger partial charge in [0.05, 0.1) is 16.9 Å². The van der Waals surface area contributed by atoms with Crippen molar-refractivity contribution in [2.45, 2.75) is 0 Å². The van der Waals surface area contributed by atoms with Crippen LogP contribution in [0.3, 0.4) is 0 Å². The lowest BCUT2D eigenvalue weighted by molar-refractivity contribution is 1.10. The molecule has 0 aliphatic heterocycles. The Hall–Kier alpha value is -2.28. The summed E-state index contributed by atoms with van der Waals surface area (Å²) in [7, 11) is 0. The standard InChI is InChI=1S/C10H8N4/c11-6-7-2-1-3-8(10(7)12)9-4-5-13-14-9/h1-5H,12H2,(H,13,14). The van der Waals surface area contributed by atoms with Gasteiger partial charge in [0.25, 0.3) is 0 Å². The van der Waals surface area contributed by atoms with Crippen molar-refractivity contribution in [2.24, 2.45) is 0 Å². The van der Waals surface area contributed by atoms with E-state index in [-0.39, 0.29) is 0 Å². The Labute approximate surface area is 81.0 Å². The number of nitrogen functional groups attached to an aromatic ring is 1. The maximum atomic E-state index is 8.78. The summed E-state index contributed by atoms with van der Waals surface area (Å²) in [6.07, 6.45) is 1.72. The lowest BCUT2D eigenvalue weighted by Gasteiger charge is -2.02. The number of nitriles is 1. The van der Waals surface area contributed by atoms with Gasteiger partial charge in [0.15, 0.2) is 0 Å². The molecule has 0 saturated heterocycles. The fourth-order valence-electron chi connectivity index (χ4n) is 1.30. The van der Waals surface area contributed by atoms with Crippen molar-refractivity contribution < 1.29 is 0 Å². The highest BCUT2D eigenvalue weighted by atomic mass is 15.1. The molecule has 68 valence electrons. The van der Waals surface area contributed by atoms with Crippen molar-refractivity contribution in [1.82, 2.24) is 10.2 Å². The van der Waals surface area contributed by atoms with E-state index in [1.807, 2.05) is 18.2 Å². The van der Waals surface area contributed by atoms with E-state index in [2.05, 4.69) is 10.2 Å².